The van der Waals surface area contributed by atoms with Crippen LogP contribution in [0.1, 0.15) is 31.9 Å². The molecule has 0 radical (unpaired) electrons. The molecule has 4 heterocycles. The van der Waals surface area contributed by atoms with E-state index in [1.165, 1.54) is 0 Å². The summed E-state index contributed by atoms with van der Waals surface area (Å²) >= 11 is 0. The number of aromatic nitrogens is 5. The molecule has 28 heavy (non-hydrogen) atoms. The van der Waals surface area contributed by atoms with Crippen molar-refractivity contribution in [3.05, 3.63) is 30.6 Å². The number of piperidine rings is 1. The topological polar surface area (TPSA) is 81.3 Å². The van der Waals surface area contributed by atoms with Crippen LogP contribution in [0.4, 0.5) is 0 Å². The number of aryl methyl sites for hydroxylation is 1. The number of ether oxygens (including phenoxy) is 1. The SMILES string of the molecule is CCn1ccc(CN2CCOC3(CCN(CCn4cnnc4)CC3)CC2=O)n1. The molecule has 0 N–H and O–H groups in total. The van der Waals surface area contributed by atoms with Crippen LogP contribution in [0, 0.1) is 0 Å². The fraction of sp³-hybridized carbons (Fsp3) is 0.684. The highest BCUT2D eigenvalue weighted by Crippen LogP contribution is 2.32. The highest BCUT2D eigenvalue weighted by molar-refractivity contribution is 5.77. The lowest BCUT2D eigenvalue weighted by Gasteiger charge is -2.40. The van der Waals surface area contributed by atoms with Crippen molar-refractivity contribution in [2.75, 3.05) is 32.8 Å². The van der Waals surface area contributed by atoms with E-state index >= 15 is 0 Å². The second-order valence-electron chi connectivity index (χ2n) is 7.73. The first-order chi connectivity index (χ1) is 13.7. The van der Waals surface area contributed by atoms with Crippen molar-refractivity contribution in [2.45, 2.75) is 51.4 Å². The summed E-state index contributed by atoms with van der Waals surface area (Å²) in [6.45, 7) is 8.46. The Morgan fingerprint density at radius 2 is 1.93 bits per heavy atom. The average Bonchev–Trinajstić information content (AvgIpc) is 3.36. The van der Waals surface area contributed by atoms with Gasteiger partial charge in [0.15, 0.2) is 0 Å². The summed E-state index contributed by atoms with van der Waals surface area (Å²) in [5.74, 6) is 0.182. The van der Waals surface area contributed by atoms with E-state index < -0.39 is 0 Å². The molecular formula is C19H29N7O2. The second kappa shape index (κ2) is 8.40. The summed E-state index contributed by atoms with van der Waals surface area (Å²) in [6, 6.07) is 1.99. The Bertz CT molecular complexity index is 765. The lowest BCUT2D eigenvalue weighted by atomic mass is 9.87. The summed E-state index contributed by atoms with van der Waals surface area (Å²) in [7, 11) is 0. The van der Waals surface area contributed by atoms with Gasteiger partial charge in [-0.25, -0.2) is 0 Å². The highest BCUT2D eigenvalue weighted by atomic mass is 16.5. The molecular weight excluding hydrogens is 358 g/mol. The molecule has 2 aromatic rings. The van der Waals surface area contributed by atoms with Crippen molar-refractivity contribution in [1.29, 1.82) is 0 Å². The van der Waals surface area contributed by atoms with E-state index in [1.54, 1.807) is 12.7 Å². The van der Waals surface area contributed by atoms with Gasteiger partial charge >= 0.3 is 0 Å². The van der Waals surface area contributed by atoms with E-state index in [-0.39, 0.29) is 11.5 Å². The first kappa shape index (κ1) is 19.1. The molecule has 2 aliphatic rings. The first-order valence-electron chi connectivity index (χ1n) is 10.1. The van der Waals surface area contributed by atoms with Gasteiger partial charge in [0.1, 0.15) is 12.7 Å². The van der Waals surface area contributed by atoms with Gasteiger partial charge in [0.2, 0.25) is 5.91 Å². The van der Waals surface area contributed by atoms with Crippen molar-refractivity contribution < 1.29 is 9.53 Å². The van der Waals surface area contributed by atoms with Crippen LogP contribution in [0.25, 0.3) is 0 Å². The van der Waals surface area contributed by atoms with Gasteiger partial charge in [-0.2, -0.15) is 5.10 Å². The van der Waals surface area contributed by atoms with Gasteiger partial charge in [-0.05, 0) is 25.8 Å². The number of hydrogen-bond acceptors (Lipinski definition) is 6. The van der Waals surface area contributed by atoms with Gasteiger partial charge in [-0.3, -0.25) is 9.48 Å². The van der Waals surface area contributed by atoms with E-state index in [0.29, 0.717) is 26.1 Å². The number of carbonyl (C=O) groups excluding carboxylic acids is 1. The minimum Gasteiger partial charge on any atom is -0.373 e. The third kappa shape index (κ3) is 4.41. The smallest absolute Gasteiger partial charge is 0.225 e. The number of amides is 1. The molecule has 2 aromatic heterocycles. The highest BCUT2D eigenvalue weighted by Gasteiger charge is 2.40. The van der Waals surface area contributed by atoms with Crippen molar-refractivity contribution >= 4 is 5.91 Å². The van der Waals surface area contributed by atoms with Crippen LogP contribution in [0.3, 0.4) is 0 Å². The van der Waals surface area contributed by atoms with Gasteiger partial charge in [-0.1, -0.05) is 0 Å². The minimum absolute atomic E-state index is 0.182. The lowest BCUT2D eigenvalue weighted by Crippen LogP contribution is -2.47. The van der Waals surface area contributed by atoms with E-state index in [9.17, 15) is 4.79 Å². The summed E-state index contributed by atoms with van der Waals surface area (Å²) in [5.41, 5.74) is 0.636. The molecule has 0 saturated carbocycles. The Labute approximate surface area is 165 Å². The van der Waals surface area contributed by atoms with Crippen molar-refractivity contribution in [1.82, 2.24) is 34.3 Å². The number of rotatable bonds is 6. The Kier molecular flexibility index (Phi) is 5.72. The van der Waals surface area contributed by atoms with Gasteiger partial charge in [-0.15, -0.1) is 10.2 Å². The summed E-state index contributed by atoms with van der Waals surface area (Å²) in [5, 5.41) is 12.2. The molecule has 2 fully saturated rings. The predicted octanol–water partition coefficient (Wildman–Crippen LogP) is 0.778. The summed E-state index contributed by atoms with van der Waals surface area (Å²) in [6.07, 6.45) is 7.73. The third-order valence-corrected chi connectivity index (χ3v) is 5.88. The molecule has 0 aliphatic carbocycles. The standard InChI is InChI=1S/C19H29N7O2/c1-2-26-6-3-17(22-26)14-25-11-12-28-19(13-18(25)27)4-7-23(8-5-19)9-10-24-15-20-21-16-24/h3,6,15-16H,2,4-5,7-14H2,1H3. The summed E-state index contributed by atoms with van der Waals surface area (Å²) < 4.78 is 10.1. The van der Waals surface area contributed by atoms with E-state index in [0.717, 1.165) is 51.3 Å². The van der Waals surface area contributed by atoms with Gasteiger partial charge in [0, 0.05) is 45.5 Å². The first-order valence-corrected chi connectivity index (χ1v) is 10.1. The average molecular weight is 387 g/mol. The molecule has 152 valence electrons. The maximum absolute atomic E-state index is 12.9. The maximum Gasteiger partial charge on any atom is 0.225 e. The van der Waals surface area contributed by atoms with Crippen LogP contribution in [-0.4, -0.2) is 78.6 Å². The van der Waals surface area contributed by atoms with Crippen molar-refractivity contribution in [3.63, 3.8) is 0 Å². The van der Waals surface area contributed by atoms with Crippen molar-refractivity contribution in [3.8, 4) is 0 Å². The molecule has 0 unspecified atom stereocenters. The Morgan fingerprint density at radius 3 is 2.64 bits per heavy atom. The Morgan fingerprint density at radius 1 is 1.14 bits per heavy atom. The van der Waals surface area contributed by atoms with Gasteiger partial charge in [0.05, 0.1) is 30.9 Å². The van der Waals surface area contributed by atoms with Crippen LogP contribution in [-0.2, 0) is 29.2 Å². The molecule has 4 rings (SSSR count). The van der Waals surface area contributed by atoms with Crippen LogP contribution in [0.2, 0.25) is 0 Å². The Balaban J connectivity index is 1.29. The van der Waals surface area contributed by atoms with Crippen LogP contribution >= 0.6 is 0 Å². The van der Waals surface area contributed by atoms with Gasteiger partial charge < -0.3 is 19.1 Å². The largest absolute Gasteiger partial charge is 0.373 e. The molecule has 2 saturated heterocycles. The molecule has 2 aliphatic heterocycles. The number of carbonyl (C=O) groups is 1. The van der Waals surface area contributed by atoms with Crippen molar-refractivity contribution in [2.24, 2.45) is 0 Å². The van der Waals surface area contributed by atoms with Gasteiger partial charge in [0.25, 0.3) is 0 Å². The molecule has 1 spiro atoms. The van der Waals surface area contributed by atoms with Crippen LogP contribution in [0.15, 0.2) is 24.9 Å². The predicted molar refractivity (Wildman–Crippen MR) is 102 cm³/mol. The molecule has 0 atom stereocenters. The van der Waals surface area contributed by atoms with Crippen LogP contribution < -0.4 is 0 Å². The monoisotopic (exact) mass is 387 g/mol. The minimum atomic E-state index is -0.304. The molecule has 9 nitrogen and oxygen atoms in total. The number of likely N-dealkylation sites (tertiary alicyclic amines) is 1. The molecule has 9 heteroatoms. The fourth-order valence-corrected chi connectivity index (χ4v) is 4.06. The van der Waals surface area contributed by atoms with Crippen LogP contribution in [0.5, 0.6) is 0 Å². The zero-order chi connectivity index (χ0) is 19.4. The Hall–Kier alpha value is -2.26. The lowest BCUT2D eigenvalue weighted by molar-refractivity contribution is -0.136. The van der Waals surface area contributed by atoms with E-state index in [1.807, 2.05) is 26.4 Å². The molecule has 0 bridgehead atoms. The fourth-order valence-electron chi connectivity index (χ4n) is 4.06. The quantitative estimate of drug-likeness (QED) is 0.729. The van der Waals surface area contributed by atoms with E-state index in [4.69, 9.17) is 4.74 Å². The maximum atomic E-state index is 12.9. The zero-order valence-electron chi connectivity index (χ0n) is 16.5. The molecule has 1 amide bonds. The third-order valence-electron chi connectivity index (χ3n) is 5.88. The number of hydrogen-bond donors (Lipinski definition) is 0. The van der Waals surface area contributed by atoms with E-state index in [2.05, 4.69) is 27.1 Å². The zero-order valence-corrected chi connectivity index (χ0v) is 16.5. The molecule has 0 aromatic carbocycles. The second-order valence-corrected chi connectivity index (χ2v) is 7.73. The summed E-state index contributed by atoms with van der Waals surface area (Å²) in [4.78, 5) is 17.2. The number of nitrogens with zero attached hydrogens (tertiary/aromatic N) is 7. The normalized spacial score (nSPS) is 20.6.